The third kappa shape index (κ3) is 5.96. The minimum atomic E-state index is -0.391. The molecule has 3 aromatic rings. The Morgan fingerprint density at radius 2 is 1.79 bits per heavy atom. The zero-order chi connectivity index (χ0) is 24.0. The van der Waals surface area contributed by atoms with E-state index in [1.54, 1.807) is 6.20 Å². The Balaban J connectivity index is 1.77. The van der Waals surface area contributed by atoms with E-state index in [2.05, 4.69) is 43.7 Å². The number of ether oxygens (including phenoxy) is 2. The first-order valence-corrected chi connectivity index (χ1v) is 11.7. The van der Waals surface area contributed by atoms with Crippen molar-refractivity contribution in [2.24, 2.45) is 0 Å². The molecule has 0 aliphatic carbocycles. The summed E-state index contributed by atoms with van der Waals surface area (Å²) in [7, 11) is 0. The van der Waals surface area contributed by atoms with Gasteiger partial charge in [0.2, 0.25) is 0 Å². The third-order valence-electron chi connectivity index (χ3n) is 5.42. The van der Waals surface area contributed by atoms with E-state index in [-0.39, 0.29) is 12.5 Å². The lowest BCUT2D eigenvalue weighted by atomic mass is 9.77. The van der Waals surface area contributed by atoms with Crippen molar-refractivity contribution in [3.8, 4) is 17.6 Å². The van der Waals surface area contributed by atoms with Gasteiger partial charge in [-0.3, -0.25) is 0 Å². The lowest BCUT2D eigenvalue weighted by molar-refractivity contribution is 0.300. The maximum absolute atomic E-state index is 9.59. The maximum atomic E-state index is 9.59. The second kappa shape index (κ2) is 10.9. The van der Waals surface area contributed by atoms with Crippen LogP contribution in [0.5, 0.6) is 11.5 Å². The summed E-state index contributed by atoms with van der Waals surface area (Å²) < 4.78 is 11.5. The van der Waals surface area contributed by atoms with E-state index >= 15 is 0 Å². The molecule has 0 fully saturated rings. The van der Waals surface area contributed by atoms with Crippen LogP contribution in [0, 0.1) is 11.3 Å². The number of nitriles is 1. The van der Waals surface area contributed by atoms with E-state index in [1.165, 1.54) is 0 Å². The van der Waals surface area contributed by atoms with Crippen molar-refractivity contribution >= 4 is 23.2 Å². The van der Waals surface area contributed by atoms with Crippen LogP contribution in [0.3, 0.4) is 0 Å². The van der Waals surface area contributed by atoms with Crippen LogP contribution in [0.4, 0.5) is 0 Å². The molecule has 0 spiro atoms. The van der Waals surface area contributed by atoms with Gasteiger partial charge >= 0.3 is 0 Å². The van der Waals surface area contributed by atoms with Crippen molar-refractivity contribution in [2.45, 2.75) is 45.6 Å². The van der Waals surface area contributed by atoms with Crippen LogP contribution >= 0.6 is 23.2 Å². The van der Waals surface area contributed by atoms with Crippen molar-refractivity contribution in [2.75, 3.05) is 12.5 Å². The average Bonchev–Trinajstić information content (AvgIpc) is 2.82. The zero-order valence-electron chi connectivity index (χ0n) is 19.2. The van der Waals surface area contributed by atoms with E-state index < -0.39 is 5.41 Å². The Kier molecular flexibility index (Phi) is 8.18. The summed E-state index contributed by atoms with van der Waals surface area (Å²) >= 11 is 12.2. The van der Waals surface area contributed by atoms with Gasteiger partial charge in [0.05, 0.1) is 22.2 Å². The molecule has 3 rings (SSSR count). The summed E-state index contributed by atoms with van der Waals surface area (Å²) in [6.45, 7) is 8.96. The quantitative estimate of drug-likeness (QED) is 0.318. The first-order valence-electron chi connectivity index (χ1n) is 10.7. The SMILES string of the molecule is CC(C)c1nccc(COc2ccc(C(C)(C)c3cc(Cl)c(OCCCl)c(C#N)c3)cc2)n1. The molecular formula is C26H27Cl2N3O2. The fourth-order valence-corrected chi connectivity index (χ4v) is 3.74. The van der Waals surface area contributed by atoms with Gasteiger partial charge in [-0.2, -0.15) is 5.26 Å². The number of benzene rings is 2. The smallest absolute Gasteiger partial charge is 0.155 e. The molecule has 1 aromatic heterocycles. The first-order chi connectivity index (χ1) is 15.8. The Morgan fingerprint density at radius 3 is 2.42 bits per heavy atom. The molecule has 0 bridgehead atoms. The number of nitrogens with zero attached hydrogens (tertiary/aromatic N) is 3. The molecule has 0 unspecified atom stereocenters. The molecule has 0 saturated carbocycles. The number of rotatable bonds is 9. The van der Waals surface area contributed by atoms with Gasteiger partial charge in [0, 0.05) is 17.5 Å². The minimum Gasteiger partial charge on any atom is -0.489 e. The fourth-order valence-electron chi connectivity index (χ4n) is 3.39. The Bertz CT molecular complexity index is 1140. The molecule has 5 nitrogen and oxygen atoms in total. The van der Waals surface area contributed by atoms with Crippen molar-refractivity contribution in [1.29, 1.82) is 5.26 Å². The lowest BCUT2D eigenvalue weighted by Gasteiger charge is -2.27. The molecule has 0 radical (unpaired) electrons. The largest absolute Gasteiger partial charge is 0.489 e. The molecule has 0 saturated heterocycles. The summed E-state index contributed by atoms with van der Waals surface area (Å²) in [5, 5.41) is 9.99. The predicted molar refractivity (Wildman–Crippen MR) is 131 cm³/mol. The number of alkyl halides is 1. The van der Waals surface area contributed by atoms with Gasteiger partial charge in [0.1, 0.15) is 30.9 Å². The van der Waals surface area contributed by atoms with Crippen molar-refractivity contribution in [1.82, 2.24) is 9.97 Å². The monoisotopic (exact) mass is 483 g/mol. The van der Waals surface area contributed by atoms with Gasteiger partial charge in [-0.1, -0.05) is 51.4 Å². The van der Waals surface area contributed by atoms with Gasteiger partial charge in [-0.05, 0) is 41.5 Å². The molecule has 0 amide bonds. The van der Waals surface area contributed by atoms with Crippen molar-refractivity contribution in [3.05, 3.63) is 81.9 Å². The maximum Gasteiger partial charge on any atom is 0.155 e. The highest BCUT2D eigenvalue weighted by Crippen LogP contribution is 2.38. The van der Waals surface area contributed by atoms with Crippen molar-refractivity contribution < 1.29 is 9.47 Å². The molecule has 172 valence electrons. The molecule has 2 aromatic carbocycles. The highest BCUT2D eigenvalue weighted by atomic mass is 35.5. The summed E-state index contributed by atoms with van der Waals surface area (Å²) in [4.78, 5) is 8.83. The Hall–Kier alpha value is -2.81. The number of hydrogen-bond acceptors (Lipinski definition) is 5. The molecule has 0 N–H and O–H groups in total. The molecule has 0 aliphatic heterocycles. The minimum absolute atomic E-state index is 0.266. The van der Waals surface area contributed by atoms with Crippen LogP contribution in [-0.2, 0) is 12.0 Å². The number of hydrogen-bond donors (Lipinski definition) is 0. The zero-order valence-corrected chi connectivity index (χ0v) is 20.7. The van der Waals surface area contributed by atoms with E-state index in [0.717, 1.165) is 28.4 Å². The van der Waals surface area contributed by atoms with Gasteiger partial charge in [0.15, 0.2) is 5.75 Å². The second-order valence-corrected chi connectivity index (χ2v) is 9.27. The highest BCUT2D eigenvalue weighted by Gasteiger charge is 2.26. The summed E-state index contributed by atoms with van der Waals surface area (Å²) in [5.41, 5.74) is 2.82. The summed E-state index contributed by atoms with van der Waals surface area (Å²) in [6.07, 6.45) is 1.76. The topological polar surface area (TPSA) is 68.0 Å². The van der Waals surface area contributed by atoms with Gasteiger partial charge in [-0.15, -0.1) is 11.6 Å². The highest BCUT2D eigenvalue weighted by molar-refractivity contribution is 6.32. The van der Waals surface area contributed by atoms with Gasteiger partial charge < -0.3 is 9.47 Å². The van der Waals surface area contributed by atoms with Gasteiger partial charge in [0.25, 0.3) is 0 Å². The molecular weight excluding hydrogens is 457 g/mol. The van der Waals surface area contributed by atoms with Crippen molar-refractivity contribution in [3.63, 3.8) is 0 Å². The number of aromatic nitrogens is 2. The van der Waals surface area contributed by atoms with Crippen LogP contribution < -0.4 is 9.47 Å². The summed E-state index contributed by atoms with van der Waals surface area (Å²) in [5.74, 6) is 2.51. The van der Waals surface area contributed by atoms with Crippen LogP contribution in [0.15, 0.2) is 48.7 Å². The van der Waals surface area contributed by atoms with Crippen LogP contribution in [0.2, 0.25) is 5.02 Å². The standard InChI is InChI=1S/C26H27Cl2N3O2/c1-17(2)25-30-11-9-21(31-25)16-33-22-7-5-19(6-8-22)26(3,4)20-13-18(15-29)24(23(28)14-20)32-12-10-27/h5-9,11,13-14,17H,10,12,16H2,1-4H3. The number of halogens is 2. The molecule has 1 heterocycles. The van der Waals surface area contributed by atoms with Crippen LogP contribution in [0.1, 0.15) is 61.8 Å². The second-order valence-electron chi connectivity index (χ2n) is 8.48. The molecule has 0 aliphatic rings. The fraction of sp³-hybridized carbons (Fsp3) is 0.346. The van der Waals surface area contributed by atoms with Gasteiger partial charge in [-0.25, -0.2) is 9.97 Å². The molecule has 0 atom stereocenters. The first kappa shape index (κ1) is 24.8. The van der Waals surface area contributed by atoms with E-state index in [0.29, 0.717) is 28.8 Å². The van der Waals surface area contributed by atoms with E-state index in [1.807, 2.05) is 42.5 Å². The Labute approximate surface area is 205 Å². The lowest BCUT2D eigenvalue weighted by Crippen LogP contribution is -2.19. The van der Waals surface area contributed by atoms with Crippen LogP contribution in [0.25, 0.3) is 0 Å². The molecule has 33 heavy (non-hydrogen) atoms. The third-order valence-corrected chi connectivity index (χ3v) is 5.86. The Morgan fingerprint density at radius 1 is 1.06 bits per heavy atom. The average molecular weight is 484 g/mol. The predicted octanol–water partition coefficient (Wildman–Crippen LogP) is 6.65. The molecule has 7 heteroatoms. The van der Waals surface area contributed by atoms with E-state index in [9.17, 15) is 5.26 Å². The summed E-state index contributed by atoms with van der Waals surface area (Å²) in [6, 6.07) is 15.6. The normalized spacial score (nSPS) is 11.3. The van der Waals surface area contributed by atoms with Crippen LogP contribution in [-0.4, -0.2) is 22.5 Å². The van der Waals surface area contributed by atoms with E-state index in [4.69, 9.17) is 32.7 Å².